The lowest BCUT2D eigenvalue weighted by Crippen LogP contribution is -2.06. The summed E-state index contributed by atoms with van der Waals surface area (Å²) in [6.45, 7) is 2.82. The quantitative estimate of drug-likeness (QED) is 0.731. The van der Waals surface area contributed by atoms with E-state index < -0.39 is 0 Å². The van der Waals surface area contributed by atoms with Crippen molar-refractivity contribution in [2.75, 3.05) is 6.61 Å². The minimum Gasteiger partial charge on any atom is -0.396 e. The largest absolute Gasteiger partial charge is 0.396 e. The summed E-state index contributed by atoms with van der Waals surface area (Å²) >= 11 is 0. The highest BCUT2D eigenvalue weighted by atomic mass is 16.3. The lowest BCUT2D eigenvalue weighted by Gasteiger charge is -2.03. The van der Waals surface area contributed by atoms with Crippen molar-refractivity contribution in [3.8, 4) is 6.07 Å². The Labute approximate surface area is 83.0 Å². The summed E-state index contributed by atoms with van der Waals surface area (Å²) in [4.78, 5) is 0. The molecule has 1 aromatic rings. The van der Waals surface area contributed by atoms with Crippen molar-refractivity contribution in [2.45, 2.75) is 32.7 Å². The molecule has 0 amide bonds. The van der Waals surface area contributed by atoms with E-state index in [1.807, 2.05) is 6.92 Å². The number of aryl methyl sites for hydroxylation is 1. The molecule has 76 valence electrons. The molecule has 0 aliphatic carbocycles. The average molecular weight is 194 g/mol. The van der Waals surface area contributed by atoms with E-state index in [1.54, 1.807) is 4.68 Å². The van der Waals surface area contributed by atoms with Gasteiger partial charge in [-0.3, -0.25) is 0 Å². The second-order valence-corrected chi connectivity index (χ2v) is 2.97. The fourth-order valence-electron chi connectivity index (χ4n) is 1.37. The molecule has 14 heavy (non-hydrogen) atoms. The van der Waals surface area contributed by atoms with Crippen molar-refractivity contribution in [2.24, 2.45) is 0 Å². The highest BCUT2D eigenvalue weighted by Gasteiger charge is 2.09. The molecule has 0 saturated carbocycles. The van der Waals surface area contributed by atoms with Crippen LogP contribution in [0.25, 0.3) is 0 Å². The van der Waals surface area contributed by atoms with Crippen molar-refractivity contribution in [3.05, 3.63) is 11.4 Å². The van der Waals surface area contributed by atoms with E-state index in [-0.39, 0.29) is 6.61 Å². The summed E-state index contributed by atoms with van der Waals surface area (Å²) in [6, 6.07) is 2.06. The molecule has 0 aromatic carbocycles. The molecule has 1 heterocycles. The smallest absolute Gasteiger partial charge is 0.0999 e. The first-order valence-corrected chi connectivity index (χ1v) is 4.72. The fourth-order valence-corrected chi connectivity index (χ4v) is 1.37. The molecule has 0 bridgehead atoms. The van der Waals surface area contributed by atoms with Gasteiger partial charge in [0.25, 0.3) is 0 Å². The number of aliphatic hydroxyl groups excluding tert-OH is 1. The molecule has 5 nitrogen and oxygen atoms in total. The third-order valence-corrected chi connectivity index (χ3v) is 2.03. The Morgan fingerprint density at radius 3 is 2.93 bits per heavy atom. The highest BCUT2D eigenvalue weighted by molar-refractivity contribution is 5.13. The van der Waals surface area contributed by atoms with Crippen LogP contribution in [0, 0.1) is 11.3 Å². The molecule has 0 unspecified atom stereocenters. The normalized spacial score (nSPS) is 10.1. The number of aromatic nitrogens is 3. The van der Waals surface area contributed by atoms with Crippen LogP contribution in [0.2, 0.25) is 0 Å². The van der Waals surface area contributed by atoms with E-state index in [0.717, 1.165) is 17.8 Å². The maximum atomic E-state index is 8.69. The predicted molar refractivity (Wildman–Crippen MR) is 50.4 cm³/mol. The van der Waals surface area contributed by atoms with Crippen LogP contribution in [0.15, 0.2) is 0 Å². The Kier molecular flexibility index (Phi) is 4.08. The first-order valence-electron chi connectivity index (χ1n) is 4.72. The van der Waals surface area contributed by atoms with Gasteiger partial charge in [0.1, 0.15) is 0 Å². The van der Waals surface area contributed by atoms with Gasteiger partial charge in [0, 0.05) is 13.2 Å². The minimum atomic E-state index is 0.149. The summed E-state index contributed by atoms with van der Waals surface area (Å²) in [5.74, 6) is 0. The van der Waals surface area contributed by atoms with Crippen LogP contribution in [0.4, 0.5) is 0 Å². The third-order valence-electron chi connectivity index (χ3n) is 2.03. The molecule has 0 fully saturated rings. The van der Waals surface area contributed by atoms with Gasteiger partial charge in [-0.2, -0.15) is 5.26 Å². The predicted octanol–water partition coefficient (Wildman–Crippen LogP) is 0.289. The van der Waals surface area contributed by atoms with Crippen LogP contribution in [-0.4, -0.2) is 26.7 Å². The Hall–Kier alpha value is -1.41. The van der Waals surface area contributed by atoms with Gasteiger partial charge in [0.2, 0.25) is 0 Å². The number of aliphatic hydroxyl groups is 1. The van der Waals surface area contributed by atoms with Gasteiger partial charge in [0.15, 0.2) is 0 Å². The molecule has 0 saturated heterocycles. The molecule has 0 radical (unpaired) electrons. The van der Waals surface area contributed by atoms with E-state index >= 15 is 0 Å². The van der Waals surface area contributed by atoms with Crippen molar-refractivity contribution < 1.29 is 5.11 Å². The molecule has 0 atom stereocenters. The van der Waals surface area contributed by atoms with Crippen LogP contribution < -0.4 is 0 Å². The van der Waals surface area contributed by atoms with Crippen molar-refractivity contribution in [1.29, 1.82) is 5.26 Å². The average Bonchev–Trinajstić information content (AvgIpc) is 2.58. The maximum Gasteiger partial charge on any atom is 0.0999 e. The van der Waals surface area contributed by atoms with Crippen LogP contribution in [0.5, 0.6) is 0 Å². The summed E-state index contributed by atoms with van der Waals surface area (Å²) < 4.78 is 1.77. The minimum absolute atomic E-state index is 0.149. The summed E-state index contributed by atoms with van der Waals surface area (Å²) in [5, 5.41) is 25.1. The highest BCUT2D eigenvalue weighted by Crippen LogP contribution is 2.07. The van der Waals surface area contributed by atoms with Crippen molar-refractivity contribution >= 4 is 0 Å². The Bertz CT molecular complexity index is 326. The van der Waals surface area contributed by atoms with Crippen LogP contribution in [0.3, 0.4) is 0 Å². The summed E-state index contributed by atoms with van der Waals surface area (Å²) in [7, 11) is 0. The Morgan fingerprint density at radius 1 is 1.57 bits per heavy atom. The van der Waals surface area contributed by atoms with E-state index in [9.17, 15) is 0 Å². The van der Waals surface area contributed by atoms with Crippen LogP contribution in [-0.2, 0) is 19.4 Å². The van der Waals surface area contributed by atoms with Gasteiger partial charge in [-0.25, -0.2) is 4.68 Å². The second kappa shape index (κ2) is 5.35. The zero-order valence-electron chi connectivity index (χ0n) is 8.27. The van der Waals surface area contributed by atoms with Crippen molar-refractivity contribution in [3.63, 3.8) is 0 Å². The molecule has 0 aliphatic rings. The molecule has 0 aliphatic heterocycles. The zero-order valence-corrected chi connectivity index (χ0v) is 8.27. The molecule has 1 rings (SSSR count). The molecule has 1 aromatic heterocycles. The molecule has 0 spiro atoms. The van der Waals surface area contributed by atoms with E-state index in [4.69, 9.17) is 10.4 Å². The van der Waals surface area contributed by atoms with Gasteiger partial charge in [-0.15, -0.1) is 5.10 Å². The SMILES string of the molecule is CCc1c(CC#N)nnn1CCCO. The van der Waals surface area contributed by atoms with E-state index in [1.165, 1.54) is 0 Å². The van der Waals surface area contributed by atoms with E-state index in [2.05, 4.69) is 16.4 Å². The summed E-state index contributed by atoms with van der Waals surface area (Å²) in [6.07, 6.45) is 1.79. The molecular weight excluding hydrogens is 180 g/mol. The first kappa shape index (κ1) is 10.7. The zero-order chi connectivity index (χ0) is 10.4. The molecule has 5 heteroatoms. The third kappa shape index (κ3) is 2.30. The fraction of sp³-hybridized carbons (Fsp3) is 0.667. The van der Waals surface area contributed by atoms with Gasteiger partial charge < -0.3 is 5.11 Å². The van der Waals surface area contributed by atoms with E-state index in [0.29, 0.717) is 19.4 Å². The Morgan fingerprint density at radius 2 is 2.36 bits per heavy atom. The number of nitrogens with zero attached hydrogens (tertiary/aromatic N) is 4. The number of hydrogen-bond acceptors (Lipinski definition) is 4. The first-order chi connectivity index (χ1) is 6.83. The molecular formula is C9H14N4O. The van der Waals surface area contributed by atoms with Gasteiger partial charge >= 0.3 is 0 Å². The second-order valence-electron chi connectivity index (χ2n) is 2.97. The van der Waals surface area contributed by atoms with Crippen LogP contribution >= 0.6 is 0 Å². The van der Waals surface area contributed by atoms with Crippen LogP contribution in [0.1, 0.15) is 24.7 Å². The number of hydrogen-bond donors (Lipinski definition) is 1. The van der Waals surface area contributed by atoms with Gasteiger partial charge in [0.05, 0.1) is 23.9 Å². The lowest BCUT2D eigenvalue weighted by molar-refractivity contribution is 0.275. The summed E-state index contributed by atoms with van der Waals surface area (Å²) in [5.41, 5.74) is 1.76. The number of rotatable bonds is 5. The Balaban J connectivity index is 2.79. The standard InChI is InChI=1S/C9H14N4O/c1-2-9-8(4-5-10)11-12-13(9)6-3-7-14/h14H,2-4,6-7H2,1H3. The molecule has 1 N–H and O–H groups in total. The lowest BCUT2D eigenvalue weighted by atomic mass is 10.2. The van der Waals surface area contributed by atoms with Crippen molar-refractivity contribution in [1.82, 2.24) is 15.0 Å². The van der Waals surface area contributed by atoms with Gasteiger partial charge in [-0.1, -0.05) is 12.1 Å². The monoisotopic (exact) mass is 194 g/mol. The topological polar surface area (TPSA) is 74.7 Å². The number of nitriles is 1. The van der Waals surface area contributed by atoms with Gasteiger partial charge in [-0.05, 0) is 12.8 Å². The maximum absolute atomic E-state index is 8.69.